The Morgan fingerprint density at radius 2 is 2.06 bits per heavy atom. The maximum Gasteiger partial charge on any atom is 0.306 e. The topological polar surface area (TPSA) is 87.0 Å². The number of carboxylic acids is 1. The molecule has 1 atom stereocenters. The number of rotatable bonds is 5. The molecule has 5 heteroatoms. The lowest BCUT2D eigenvalue weighted by atomic mass is 10.0. The van der Waals surface area contributed by atoms with Gasteiger partial charge in [0, 0.05) is 0 Å². The zero-order chi connectivity index (χ0) is 13.0. The molecule has 3 N–H and O–H groups in total. The van der Waals surface area contributed by atoms with Crippen LogP contribution in [0.5, 0.6) is 17.2 Å². The van der Waals surface area contributed by atoms with Crippen LogP contribution in [0.2, 0.25) is 0 Å². The molecule has 0 fully saturated rings. The molecule has 94 valence electrons. The number of ether oxygens (including phenoxy) is 1. The summed E-state index contributed by atoms with van der Waals surface area (Å²) in [5, 5.41) is 27.6. The molecule has 0 aromatic heterocycles. The Labute approximate surface area is 99.3 Å². The number of carbonyl (C=O) groups is 1. The highest BCUT2D eigenvalue weighted by Gasteiger charge is 2.13. The Kier molecular flexibility index (Phi) is 4.20. The number of aromatic hydroxyl groups is 2. The van der Waals surface area contributed by atoms with Gasteiger partial charge < -0.3 is 20.1 Å². The average molecular weight is 240 g/mol. The van der Waals surface area contributed by atoms with E-state index in [2.05, 4.69) is 0 Å². The van der Waals surface area contributed by atoms with E-state index in [4.69, 9.17) is 9.84 Å². The zero-order valence-electron chi connectivity index (χ0n) is 9.80. The second-order valence-electron chi connectivity index (χ2n) is 3.94. The number of hydrogen-bond donors (Lipinski definition) is 3. The summed E-state index contributed by atoms with van der Waals surface area (Å²) in [6, 6.07) is 3.00. The zero-order valence-corrected chi connectivity index (χ0v) is 9.80. The van der Waals surface area contributed by atoms with Gasteiger partial charge in [0.1, 0.15) is 0 Å². The third-order valence-electron chi connectivity index (χ3n) is 2.62. The van der Waals surface area contributed by atoms with E-state index < -0.39 is 11.9 Å². The van der Waals surface area contributed by atoms with Gasteiger partial charge in [-0.1, -0.05) is 6.92 Å². The van der Waals surface area contributed by atoms with Gasteiger partial charge in [0.15, 0.2) is 11.5 Å². The highest BCUT2D eigenvalue weighted by atomic mass is 16.5. The lowest BCUT2D eigenvalue weighted by Gasteiger charge is -2.10. The molecule has 1 aromatic carbocycles. The molecule has 17 heavy (non-hydrogen) atoms. The first kappa shape index (κ1) is 13.2. The number of hydrogen-bond acceptors (Lipinski definition) is 4. The van der Waals surface area contributed by atoms with Crippen molar-refractivity contribution in [2.45, 2.75) is 19.8 Å². The van der Waals surface area contributed by atoms with Crippen LogP contribution in [0.25, 0.3) is 0 Å². The summed E-state index contributed by atoms with van der Waals surface area (Å²) in [7, 11) is 1.39. The predicted molar refractivity (Wildman–Crippen MR) is 61.4 cm³/mol. The summed E-state index contributed by atoms with van der Waals surface area (Å²) in [5.41, 5.74) is 0.727. The molecule has 0 spiro atoms. The molecular formula is C12H16O5. The van der Waals surface area contributed by atoms with Crippen molar-refractivity contribution in [2.24, 2.45) is 5.92 Å². The highest BCUT2D eigenvalue weighted by molar-refractivity contribution is 5.69. The van der Waals surface area contributed by atoms with Crippen molar-refractivity contribution in [2.75, 3.05) is 7.11 Å². The number of phenols is 2. The van der Waals surface area contributed by atoms with Gasteiger partial charge in [0.25, 0.3) is 0 Å². The molecule has 0 heterocycles. The van der Waals surface area contributed by atoms with Crippen LogP contribution in [0.3, 0.4) is 0 Å². The van der Waals surface area contributed by atoms with Gasteiger partial charge >= 0.3 is 5.97 Å². The van der Waals surface area contributed by atoms with Crippen molar-refractivity contribution >= 4 is 5.97 Å². The summed E-state index contributed by atoms with van der Waals surface area (Å²) in [5.74, 6) is -1.68. The second-order valence-corrected chi connectivity index (χ2v) is 3.94. The molecule has 0 aliphatic heterocycles. The predicted octanol–water partition coefficient (Wildman–Crippen LogP) is 1.76. The van der Waals surface area contributed by atoms with Gasteiger partial charge in [-0.25, -0.2) is 0 Å². The van der Waals surface area contributed by atoms with Crippen LogP contribution in [-0.2, 0) is 11.2 Å². The van der Waals surface area contributed by atoms with Crippen molar-refractivity contribution in [3.8, 4) is 17.2 Å². The van der Waals surface area contributed by atoms with E-state index in [0.717, 1.165) is 5.56 Å². The van der Waals surface area contributed by atoms with Crippen LogP contribution in [-0.4, -0.2) is 28.4 Å². The monoisotopic (exact) mass is 240 g/mol. The fourth-order valence-electron chi connectivity index (χ4n) is 1.46. The van der Waals surface area contributed by atoms with Crippen LogP contribution >= 0.6 is 0 Å². The molecule has 0 amide bonds. The Morgan fingerprint density at radius 3 is 2.59 bits per heavy atom. The molecule has 0 bridgehead atoms. The molecule has 5 nitrogen and oxygen atoms in total. The van der Waals surface area contributed by atoms with E-state index >= 15 is 0 Å². The van der Waals surface area contributed by atoms with Crippen LogP contribution in [0.1, 0.15) is 18.9 Å². The van der Waals surface area contributed by atoms with Crippen molar-refractivity contribution < 1.29 is 24.9 Å². The number of aryl methyl sites for hydroxylation is 1. The van der Waals surface area contributed by atoms with Crippen LogP contribution < -0.4 is 4.74 Å². The molecule has 0 saturated carbocycles. The Bertz CT molecular complexity index is 414. The molecular weight excluding hydrogens is 224 g/mol. The van der Waals surface area contributed by atoms with Crippen molar-refractivity contribution in [3.05, 3.63) is 17.7 Å². The maximum absolute atomic E-state index is 10.7. The first-order valence-corrected chi connectivity index (χ1v) is 5.27. The molecule has 0 radical (unpaired) electrons. The Balaban J connectivity index is 2.79. The highest BCUT2D eigenvalue weighted by Crippen LogP contribution is 2.36. The number of carboxylic acid groups (broad SMARTS) is 1. The standard InChI is InChI=1S/C12H16O5/c1-7(12(15)16)3-4-8-5-9(13)11(14)10(6-8)17-2/h5-7,13-14H,3-4H2,1-2H3,(H,15,16). The van der Waals surface area contributed by atoms with Gasteiger partial charge in [-0.15, -0.1) is 0 Å². The van der Waals surface area contributed by atoms with Gasteiger partial charge in [-0.2, -0.15) is 0 Å². The normalized spacial score (nSPS) is 12.1. The fraction of sp³-hybridized carbons (Fsp3) is 0.417. The summed E-state index contributed by atoms with van der Waals surface area (Å²) >= 11 is 0. The molecule has 0 aliphatic carbocycles. The van der Waals surface area contributed by atoms with Gasteiger partial charge in [0.05, 0.1) is 13.0 Å². The third kappa shape index (κ3) is 3.27. The first-order chi connectivity index (χ1) is 7.95. The Hall–Kier alpha value is -1.91. The van der Waals surface area contributed by atoms with Gasteiger partial charge in [0.2, 0.25) is 5.75 Å². The minimum atomic E-state index is -0.847. The van der Waals surface area contributed by atoms with Crippen molar-refractivity contribution in [3.63, 3.8) is 0 Å². The molecule has 1 unspecified atom stereocenters. The number of methoxy groups -OCH3 is 1. The largest absolute Gasteiger partial charge is 0.504 e. The van der Waals surface area contributed by atoms with E-state index in [0.29, 0.717) is 12.8 Å². The second kappa shape index (κ2) is 5.43. The van der Waals surface area contributed by atoms with E-state index in [9.17, 15) is 15.0 Å². The average Bonchev–Trinajstić information content (AvgIpc) is 2.29. The molecule has 1 rings (SSSR count). The molecule has 0 aliphatic rings. The minimum absolute atomic E-state index is 0.183. The van der Waals surface area contributed by atoms with E-state index in [-0.39, 0.29) is 17.2 Å². The van der Waals surface area contributed by atoms with Gasteiger partial charge in [-0.3, -0.25) is 4.79 Å². The first-order valence-electron chi connectivity index (χ1n) is 5.27. The lowest BCUT2D eigenvalue weighted by molar-refractivity contribution is -0.141. The van der Waals surface area contributed by atoms with Crippen LogP contribution in [0, 0.1) is 5.92 Å². The summed E-state index contributed by atoms with van der Waals surface area (Å²) in [6.45, 7) is 1.62. The third-order valence-corrected chi connectivity index (χ3v) is 2.62. The maximum atomic E-state index is 10.7. The minimum Gasteiger partial charge on any atom is -0.504 e. The van der Waals surface area contributed by atoms with Crippen molar-refractivity contribution in [1.29, 1.82) is 0 Å². The van der Waals surface area contributed by atoms with Crippen molar-refractivity contribution in [1.82, 2.24) is 0 Å². The number of phenolic OH excluding ortho intramolecular Hbond substituents is 2. The molecule has 0 saturated heterocycles. The lowest BCUT2D eigenvalue weighted by Crippen LogP contribution is -2.10. The van der Waals surface area contributed by atoms with Crippen LogP contribution in [0.15, 0.2) is 12.1 Å². The quantitative estimate of drug-likeness (QED) is 0.682. The summed E-state index contributed by atoms with van der Waals surface area (Å²) in [4.78, 5) is 10.7. The smallest absolute Gasteiger partial charge is 0.306 e. The van der Waals surface area contributed by atoms with Gasteiger partial charge in [-0.05, 0) is 30.5 Å². The van der Waals surface area contributed by atoms with Crippen LogP contribution in [0.4, 0.5) is 0 Å². The Morgan fingerprint density at radius 1 is 1.41 bits per heavy atom. The van der Waals surface area contributed by atoms with E-state index in [1.54, 1.807) is 13.0 Å². The molecule has 1 aromatic rings. The SMILES string of the molecule is COc1cc(CCC(C)C(=O)O)cc(O)c1O. The van der Waals surface area contributed by atoms with E-state index in [1.807, 2.05) is 0 Å². The summed E-state index contributed by atoms with van der Waals surface area (Å²) < 4.78 is 4.89. The van der Waals surface area contributed by atoms with E-state index in [1.165, 1.54) is 13.2 Å². The fourth-order valence-corrected chi connectivity index (χ4v) is 1.46. The number of benzene rings is 1. The number of aliphatic carboxylic acids is 1. The summed E-state index contributed by atoms with van der Waals surface area (Å²) in [6.07, 6.45) is 0.959.